The predicted molar refractivity (Wildman–Crippen MR) is 78.2 cm³/mol. The Balaban J connectivity index is 1.85. The van der Waals surface area contributed by atoms with Gasteiger partial charge in [0, 0.05) is 38.8 Å². The molecule has 0 radical (unpaired) electrons. The average Bonchev–Trinajstić information content (AvgIpc) is 2.46. The zero-order chi connectivity index (χ0) is 15.2. The second-order valence-corrected chi connectivity index (χ2v) is 4.95. The molecule has 0 aromatic heterocycles. The Bertz CT molecular complexity index is 514. The number of amides is 1. The fraction of sp³-hybridized carbons (Fsp3) is 0.400. The molecule has 0 spiro atoms. The van der Waals surface area contributed by atoms with Crippen molar-refractivity contribution in [1.29, 1.82) is 0 Å². The van der Waals surface area contributed by atoms with Gasteiger partial charge in [0.25, 0.3) is 0 Å². The van der Waals surface area contributed by atoms with Gasteiger partial charge in [-0.2, -0.15) is 0 Å². The van der Waals surface area contributed by atoms with Gasteiger partial charge >= 0.3 is 0 Å². The van der Waals surface area contributed by atoms with E-state index < -0.39 is 11.6 Å². The maximum atomic E-state index is 13.7. The van der Waals surface area contributed by atoms with Crippen LogP contribution in [0.4, 0.5) is 14.5 Å². The monoisotopic (exact) mass is 295 g/mol. The van der Waals surface area contributed by atoms with Crippen LogP contribution in [-0.4, -0.2) is 50.1 Å². The summed E-state index contributed by atoms with van der Waals surface area (Å²) in [4.78, 5) is 15.5. The van der Waals surface area contributed by atoms with Crippen LogP contribution in [0.1, 0.15) is 0 Å². The quantitative estimate of drug-likeness (QED) is 0.834. The van der Waals surface area contributed by atoms with E-state index in [-0.39, 0.29) is 5.91 Å². The fourth-order valence-electron chi connectivity index (χ4n) is 2.33. The standard InChI is InChI=1S/C15H19F2N3O/c1-2-5-18-15(21)11-19-6-8-20(9-7-19)14-4-3-12(16)10-13(14)17/h2-4,10H,1,5-9,11H2,(H,18,21). The molecule has 6 heteroatoms. The van der Waals surface area contributed by atoms with Crippen molar-refractivity contribution in [2.75, 3.05) is 44.2 Å². The lowest BCUT2D eigenvalue weighted by atomic mass is 10.2. The van der Waals surface area contributed by atoms with E-state index in [1.807, 2.05) is 9.80 Å². The fourth-order valence-corrected chi connectivity index (χ4v) is 2.33. The molecule has 21 heavy (non-hydrogen) atoms. The number of hydrogen-bond donors (Lipinski definition) is 1. The first kappa shape index (κ1) is 15.4. The summed E-state index contributed by atoms with van der Waals surface area (Å²) < 4.78 is 26.6. The van der Waals surface area contributed by atoms with E-state index in [1.54, 1.807) is 6.08 Å². The molecule has 0 atom stereocenters. The summed E-state index contributed by atoms with van der Waals surface area (Å²) in [5, 5.41) is 2.72. The summed E-state index contributed by atoms with van der Waals surface area (Å²) >= 11 is 0. The molecule has 1 amide bonds. The van der Waals surface area contributed by atoms with Gasteiger partial charge in [0.05, 0.1) is 12.2 Å². The summed E-state index contributed by atoms with van der Waals surface area (Å²) in [7, 11) is 0. The molecule has 1 aromatic rings. The van der Waals surface area contributed by atoms with Gasteiger partial charge in [-0.25, -0.2) is 8.78 Å². The molecule has 1 aliphatic heterocycles. The van der Waals surface area contributed by atoms with Gasteiger partial charge in [-0.1, -0.05) is 6.08 Å². The Morgan fingerprint density at radius 2 is 2.00 bits per heavy atom. The number of carbonyl (C=O) groups excluding carboxylic acids is 1. The number of hydrogen-bond acceptors (Lipinski definition) is 3. The third-order valence-corrected chi connectivity index (χ3v) is 3.43. The summed E-state index contributed by atoms with van der Waals surface area (Å²) in [5.74, 6) is -1.17. The number of rotatable bonds is 5. The van der Waals surface area contributed by atoms with E-state index >= 15 is 0 Å². The largest absolute Gasteiger partial charge is 0.367 e. The molecule has 1 N–H and O–H groups in total. The van der Waals surface area contributed by atoms with Gasteiger partial charge in [-0.15, -0.1) is 6.58 Å². The summed E-state index contributed by atoms with van der Waals surface area (Å²) in [6.07, 6.45) is 1.63. The highest BCUT2D eigenvalue weighted by Crippen LogP contribution is 2.21. The number of carbonyl (C=O) groups is 1. The van der Waals surface area contributed by atoms with Crippen LogP contribution in [0.15, 0.2) is 30.9 Å². The molecule has 1 saturated heterocycles. The molecule has 4 nitrogen and oxygen atoms in total. The molecule has 0 saturated carbocycles. The number of nitrogens with one attached hydrogen (secondary N) is 1. The minimum absolute atomic E-state index is 0.0451. The van der Waals surface area contributed by atoms with Crippen LogP contribution >= 0.6 is 0 Å². The van der Waals surface area contributed by atoms with Gasteiger partial charge in [0.2, 0.25) is 5.91 Å². The first-order chi connectivity index (χ1) is 10.1. The lowest BCUT2D eigenvalue weighted by Crippen LogP contribution is -2.49. The lowest BCUT2D eigenvalue weighted by Gasteiger charge is -2.35. The van der Waals surface area contributed by atoms with Crippen LogP contribution in [0.2, 0.25) is 0 Å². The Labute approximate surface area is 123 Å². The van der Waals surface area contributed by atoms with Crippen molar-refractivity contribution >= 4 is 11.6 Å². The average molecular weight is 295 g/mol. The van der Waals surface area contributed by atoms with E-state index in [0.717, 1.165) is 6.07 Å². The third-order valence-electron chi connectivity index (χ3n) is 3.43. The number of piperazine rings is 1. The second-order valence-electron chi connectivity index (χ2n) is 4.95. The smallest absolute Gasteiger partial charge is 0.234 e. The Morgan fingerprint density at radius 1 is 1.29 bits per heavy atom. The molecule has 114 valence electrons. The second kappa shape index (κ2) is 7.17. The summed E-state index contributed by atoms with van der Waals surface area (Å²) in [5.41, 5.74) is 0.409. The minimum Gasteiger partial charge on any atom is -0.367 e. The highest BCUT2D eigenvalue weighted by molar-refractivity contribution is 5.78. The van der Waals surface area contributed by atoms with Crippen LogP contribution < -0.4 is 10.2 Å². The van der Waals surface area contributed by atoms with Gasteiger partial charge in [-0.05, 0) is 12.1 Å². The molecular formula is C15H19F2N3O. The molecular weight excluding hydrogens is 276 g/mol. The van der Waals surface area contributed by atoms with E-state index in [9.17, 15) is 13.6 Å². The minimum atomic E-state index is -0.575. The number of anilines is 1. The van der Waals surface area contributed by atoms with E-state index in [0.29, 0.717) is 45.0 Å². The van der Waals surface area contributed by atoms with Crippen molar-refractivity contribution in [3.63, 3.8) is 0 Å². The number of nitrogens with zero attached hydrogens (tertiary/aromatic N) is 2. The predicted octanol–water partition coefficient (Wildman–Crippen LogP) is 1.39. The van der Waals surface area contributed by atoms with Crippen LogP contribution in [0, 0.1) is 11.6 Å². The zero-order valence-electron chi connectivity index (χ0n) is 11.8. The zero-order valence-corrected chi connectivity index (χ0v) is 11.8. The van der Waals surface area contributed by atoms with E-state index in [4.69, 9.17) is 0 Å². The van der Waals surface area contributed by atoms with Crippen molar-refractivity contribution in [3.8, 4) is 0 Å². The lowest BCUT2D eigenvalue weighted by molar-refractivity contribution is -0.122. The highest BCUT2D eigenvalue weighted by atomic mass is 19.1. The summed E-state index contributed by atoms with van der Waals surface area (Å²) in [6.45, 7) is 6.87. The van der Waals surface area contributed by atoms with Crippen LogP contribution in [0.5, 0.6) is 0 Å². The molecule has 1 aliphatic rings. The van der Waals surface area contributed by atoms with Crippen molar-refractivity contribution < 1.29 is 13.6 Å². The first-order valence-corrected chi connectivity index (χ1v) is 6.90. The van der Waals surface area contributed by atoms with Crippen LogP contribution in [-0.2, 0) is 4.79 Å². The van der Waals surface area contributed by atoms with Gasteiger partial charge in [0.15, 0.2) is 0 Å². The van der Waals surface area contributed by atoms with Gasteiger partial charge in [0.1, 0.15) is 11.6 Å². The van der Waals surface area contributed by atoms with Crippen molar-refractivity contribution in [2.24, 2.45) is 0 Å². The third kappa shape index (κ3) is 4.26. The Kier molecular flexibility index (Phi) is 5.27. The number of benzene rings is 1. The molecule has 1 aromatic carbocycles. The first-order valence-electron chi connectivity index (χ1n) is 6.90. The normalized spacial score (nSPS) is 15.8. The molecule has 1 heterocycles. The maximum Gasteiger partial charge on any atom is 0.234 e. The number of halogens is 2. The molecule has 0 bridgehead atoms. The molecule has 1 fully saturated rings. The SMILES string of the molecule is C=CCNC(=O)CN1CCN(c2ccc(F)cc2F)CC1. The van der Waals surface area contributed by atoms with E-state index in [2.05, 4.69) is 11.9 Å². The van der Waals surface area contributed by atoms with Crippen LogP contribution in [0.3, 0.4) is 0 Å². The Hall–Kier alpha value is -1.95. The van der Waals surface area contributed by atoms with E-state index in [1.165, 1.54) is 12.1 Å². The maximum absolute atomic E-state index is 13.7. The van der Waals surface area contributed by atoms with Crippen molar-refractivity contribution in [1.82, 2.24) is 10.2 Å². The highest BCUT2D eigenvalue weighted by Gasteiger charge is 2.21. The van der Waals surface area contributed by atoms with Crippen molar-refractivity contribution in [2.45, 2.75) is 0 Å². The van der Waals surface area contributed by atoms with Gasteiger partial charge < -0.3 is 10.2 Å². The molecule has 0 unspecified atom stereocenters. The van der Waals surface area contributed by atoms with Crippen LogP contribution in [0.25, 0.3) is 0 Å². The Morgan fingerprint density at radius 3 is 2.62 bits per heavy atom. The van der Waals surface area contributed by atoms with Gasteiger partial charge in [-0.3, -0.25) is 9.69 Å². The molecule has 0 aliphatic carbocycles. The van der Waals surface area contributed by atoms with Crippen molar-refractivity contribution in [3.05, 3.63) is 42.5 Å². The molecule has 2 rings (SSSR count). The topological polar surface area (TPSA) is 35.6 Å². The summed E-state index contributed by atoms with van der Waals surface area (Å²) in [6, 6.07) is 3.61.